The Balaban J connectivity index is 2.55. The lowest BCUT2D eigenvalue weighted by Crippen LogP contribution is -2.17. The highest BCUT2D eigenvalue weighted by atomic mass is 16.5. The van der Waals surface area contributed by atoms with Gasteiger partial charge in [0, 0.05) is 16.3 Å². The zero-order valence-corrected chi connectivity index (χ0v) is 8.78. The van der Waals surface area contributed by atoms with E-state index in [1.54, 1.807) is 12.1 Å². The van der Waals surface area contributed by atoms with Gasteiger partial charge in [-0.15, -0.1) is 0 Å². The minimum absolute atomic E-state index is 0.0388. The molecule has 1 heterocycles. The van der Waals surface area contributed by atoms with Crippen LogP contribution in [0.1, 0.15) is 15.9 Å². The number of rotatable bonds is 0. The van der Waals surface area contributed by atoms with E-state index in [2.05, 4.69) is 0 Å². The molecule has 2 aromatic carbocycles. The Labute approximate surface area is 92.3 Å². The van der Waals surface area contributed by atoms with Crippen LogP contribution in [0.2, 0.25) is 0 Å². The summed E-state index contributed by atoms with van der Waals surface area (Å²) in [7, 11) is 0. The van der Waals surface area contributed by atoms with Gasteiger partial charge in [-0.25, -0.2) is 0 Å². The Morgan fingerprint density at radius 2 is 2.06 bits per heavy atom. The van der Waals surface area contributed by atoms with E-state index in [1.807, 2.05) is 19.1 Å². The van der Waals surface area contributed by atoms with Crippen LogP contribution >= 0.6 is 0 Å². The summed E-state index contributed by atoms with van der Waals surface area (Å²) in [4.78, 5) is 11.7. The molecule has 16 heavy (non-hydrogen) atoms. The van der Waals surface area contributed by atoms with Gasteiger partial charge in [0.25, 0.3) is 0 Å². The van der Waals surface area contributed by atoms with Gasteiger partial charge in [-0.05, 0) is 24.6 Å². The molecule has 0 spiro atoms. The standard InChI is InChI=1S/C13H10O3/c1-7-2-3-8-10(14)5-4-9-11(15)6-16-13(7)12(8)9/h2-5,14H,6H2,1H3. The van der Waals surface area contributed by atoms with Crippen LogP contribution < -0.4 is 4.74 Å². The SMILES string of the molecule is Cc1ccc2c(O)ccc3c2c1OCC3=O. The molecule has 0 aliphatic carbocycles. The van der Waals surface area contributed by atoms with Crippen LogP contribution in [0.15, 0.2) is 24.3 Å². The number of hydrogen-bond donors (Lipinski definition) is 1. The molecule has 3 rings (SSSR count). The molecule has 0 saturated heterocycles. The normalized spacial score (nSPS) is 13.9. The molecule has 0 saturated carbocycles. The minimum atomic E-state index is -0.0388. The Morgan fingerprint density at radius 3 is 2.88 bits per heavy atom. The van der Waals surface area contributed by atoms with Gasteiger partial charge in [0.15, 0.2) is 6.61 Å². The number of aromatic hydroxyl groups is 1. The summed E-state index contributed by atoms with van der Waals surface area (Å²) >= 11 is 0. The summed E-state index contributed by atoms with van der Waals surface area (Å²) in [6.07, 6.45) is 0. The predicted octanol–water partition coefficient (Wildman–Crippen LogP) is 2.43. The van der Waals surface area contributed by atoms with Crippen molar-refractivity contribution in [2.45, 2.75) is 6.92 Å². The molecule has 1 N–H and O–H groups in total. The van der Waals surface area contributed by atoms with Gasteiger partial charge in [0.1, 0.15) is 11.5 Å². The van der Waals surface area contributed by atoms with Crippen LogP contribution in [-0.2, 0) is 0 Å². The lowest BCUT2D eigenvalue weighted by atomic mass is 9.96. The fourth-order valence-corrected chi connectivity index (χ4v) is 2.14. The van der Waals surface area contributed by atoms with Crippen molar-refractivity contribution in [1.82, 2.24) is 0 Å². The van der Waals surface area contributed by atoms with Crippen molar-refractivity contribution >= 4 is 16.6 Å². The van der Waals surface area contributed by atoms with Gasteiger partial charge in [0.05, 0.1) is 0 Å². The second-order valence-electron chi connectivity index (χ2n) is 3.98. The largest absolute Gasteiger partial charge is 0.507 e. The molecule has 0 radical (unpaired) electrons. The highest BCUT2D eigenvalue weighted by molar-refractivity contribution is 6.14. The van der Waals surface area contributed by atoms with Crippen molar-refractivity contribution in [1.29, 1.82) is 0 Å². The van der Waals surface area contributed by atoms with E-state index in [-0.39, 0.29) is 18.1 Å². The molecule has 0 fully saturated rings. The van der Waals surface area contributed by atoms with Crippen molar-refractivity contribution in [3.63, 3.8) is 0 Å². The number of Topliss-reactive ketones (excluding diaryl/α,β-unsaturated/α-hetero) is 1. The zero-order valence-electron chi connectivity index (χ0n) is 8.78. The quantitative estimate of drug-likeness (QED) is 0.732. The molecule has 3 nitrogen and oxygen atoms in total. The highest BCUT2D eigenvalue weighted by Crippen LogP contribution is 2.39. The van der Waals surface area contributed by atoms with Gasteiger partial charge < -0.3 is 9.84 Å². The molecular weight excluding hydrogens is 204 g/mol. The van der Waals surface area contributed by atoms with Crippen molar-refractivity contribution in [2.75, 3.05) is 6.61 Å². The van der Waals surface area contributed by atoms with Crippen LogP contribution in [0.5, 0.6) is 11.5 Å². The third kappa shape index (κ3) is 1.05. The van der Waals surface area contributed by atoms with E-state index in [0.29, 0.717) is 16.7 Å². The molecule has 0 bridgehead atoms. The maximum atomic E-state index is 11.7. The summed E-state index contributed by atoms with van der Waals surface area (Å²) in [5, 5.41) is 11.2. The molecule has 1 aliphatic heterocycles. The lowest BCUT2D eigenvalue weighted by molar-refractivity contribution is 0.0914. The number of carbonyl (C=O) groups is 1. The number of aryl methyl sites for hydroxylation is 1. The maximum Gasteiger partial charge on any atom is 0.200 e. The van der Waals surface area contributed by atoms with Gasteiger partial charge in [-0.1, -0.05) is 12.1 Å². The van der Waals surface area contributed by atoms with Crippen molar-refractivity contribution < 1.29 is 14.6 Å². The summed E-state index contributed by atoms with van der Waals surface area (Å²) < 4.78 is 5.43. The molecule has 0 aromatic heterocycles. The van der Waals surface area contributed by atoms with Gasteiger partial charge in [-0.2, -0.15) is 0 Å². The molecule has 3 heteroatoms. The Hall–Kier alpha value is -2.03. The highest BCUT2D eigenvalue weighted by Gasteiger charge is 2.22. The Kier molecular flexibility index (Phi) is 1.72. The number of hydrogen-bond acceptors (Lipinski definition) is 3. The Morgan fingerprint density at radius 1 is 1.25 bits per heavy atom. The smallest absolute Gasteiger partial charge is 0.200 e. The topological polar surface area (TPSA) is 46.5 Å². The van der Waals surface area contributed by atoms with Crippen LogP contribution in [0.4, 0.5) is 0 Å². The average Bonchev–Trinajstić information content (AvgIpc) is 2.27. The predicted molar refractivity (Wildman–Crippen MR) is 60.2 cm³/mol. The second-order valence-corrected chi connectivity index (χ2v) is 3.98. The molecular formula is C13H10O3. The maximum absolute atomic E-state index is 11.7. The average molecular weight is 214 g/mol. The van der Waals surface area contributed by atoms with Crippen molar-refractivity contribution in [3.05, 3.63) is 35.4 Å². The first-order chi connectivity index (χ1) is 7.68. The first-order valence-electron chi connectivity index (χ1n) is 5.10. The van der Waals surface area contributed by atoms with E-state index in [4.69, 9.17) is 4.74 Å². The summed E-state index contributed by atoms with van der Waals surface area (Å²) in [6, 6.07) is 6.91. The fraction of sp³-hybridized carbons (Fsp3) is 0.154. The summed E-state index contributed by atoms with van der Waals surface area (Å²) in [5.41, 5.74) is 1.62. The number of phenols is 1. The molecule has 2 aromatic rings. The third-order valence-electron chi connectivity index (χ3n) is 2.96. The number of ether oxygens (including phenoxy) is 1. The molecule has 0 atom stereocenters. The van der Waals surface area contributed by atoms with E-state index in [1.165, 1.54) is 0 Å². The molecule has 1 aliphatic rings. The van der Waals surface area contributed by atoms with Crippen LogP contribution in [0, 0.1) is 6.92 Å². The minimum Gasteiger partial charge on any atom is -0.507 e. The van der Waals surface area contributed by atoms with E-state index in [0.717, 1.165) is 10.9 Å². The van der Waals surface area contributed by atoms with Crippen LogP contribution in [0.25, 0.3) is 10.8 Å². The number of phenolic OH excluding ortho intramolecular Hbond substituents is 1. The van der Waals surface area contributed by atoms with Crippen molar-refractivity contribution in [2.24, 2.45) is 0 Å². The fourth-order valence-electron chi connectivity index (χ4n) is 2.14. The lowest BCUT2D eigenvalue weighted by Gasteiger charge is -2.19. The van der Waals surface area contributed by atoms with Gasteiger partial charge in [0.2, 0.25) is 5.78 Å². The summed E-state index contributed by atoms with van der Waals surface area (Å²) in [6.45, 7) is 2.01. The number of carbonyl (C=O) groups excluding carboxylic acids is 1. The van der Waals surface area contributed by atoms with Crippen LogP contribution in [0.3, 0.4) is 0 Å². The zero-order chi connectivity index (χ0) is 11.3. The first kappa shape index (κ1) is 9.21. The number of ketones is 1. The van der Waals surface area contributed by atoms with E-state index < -0.39 is 0 Å². The van der Waals surface area contributed by atoms with Crippen molar-refractivity contribution in [3.8, 4) is 11.5 Å². The Bertz CT molecular complexity index is 614. The van der Waals surface area contributed by atoms with Gasteiger partial charge >= 0.3 is 0 Å². The first-order valence-corrected chi connectivity index (χ1v) is 5.10. The molecule has 0 amide bonds. The van der Waals surface area contributed by atoms with E-state index >= 15 is 0 Å². The molecule has 0 unspecified atom stereocenters. The third-order valence-corrected chi connectivity index (χ3v) is 2.96. The molecule has 80 valence electrons. The van der Waals surface area contributed by atoms with Gasteiger partial charge in [-0.3, -0.25) is 4.79 Å². The monoisotopic (exact) mass is 214 g/mol. The van der Waals surface area contributed by atoms with E-state index in [9.17, 15) is 9.90 Å². The second kappa shape index (κ2) is 2.98. The number of benzene rings is 2. The summed E-state index contributed by atoms with van der Waals surface area (Å²) in [5.74, 6) is 0.851. The van der Waals surface area contributed by atoms with Crippen LogP contribution in [-0.4, -0.2) is 17.5 Å².